The summed E-state index contributed by atoms with van der Waals surface area (Å²) >= 11 is 1.70. The molecule has 0 aliphatic heterocycles. The Labute approximate surface area is 114 Å². The standard InChI is InChI=1S/C16H11NOS/c1-18-10-6-7-12-14(8-10)11-4-2-3-5-13(11)16-15(12)17-9-19-16/h2-9H,1H3. The highest BCUT2D eigenvalue weighted by molar-refractivity contribution is 7.18. The van der Waals surface area contributed by atoms with E-state index in [-0.39, 0.29) is 0 Å². The van der Waals surface area contributed by atoms with E-state index in [2.05, 4.69) is 41.4 Å². The Bertz CT molecular complexity index is 910. The third-order valence-electron chi connectivity index (χ3n) is 3.51. The second-order valence-electron chi connectivity index (χ2n) is 4.49. The van der Waals surface area contributed by atoms with Gasteiger partial charge in [-0.2, -0.15) is 0 Å². The van der Waals surface area contributed by atoms with Crippen LogP contribution in [0.15, 0.2) is 48.0 Å². The number of hydrogen-bond acceptors (Lipinski definition) is 3. The SMILES string of the molecule is COc1ccc2c(c1)c1ccccc1c1scnc21. The zero-order valence-corrected chi connectivity index (χ0v) is 11.2. The van der Waals surface area contributed by atoms with Gasteiger partial charge in [0.1, 0.15) is 5.75 Å². The van der Waals surface area contributed by atoms with Crippen LogP contribution < -0.4 is 4.74 Å². The van der Waals surface area contributed by atoms with Gasteiger partial charge in [0.2, 0.25) is 0 Å². The van der Waals surface area contributed by atoms with E-state index >= 15 is 0 Å². The summed E-state index contributed by atoms with van der Waals surface area (Å²) in [6.07, 6.45) is 0. The minimum absolute atomic E-state index is 0.882. The quantitative estimate of drug-likeness (QED) is 0.469. The van der Waals surface area contributed by atoms with Crippen molar-refractivity contribution < 1.29 is 4.74 Å². The van der Waals surface area contributed by atoms with E-state index in [1.807, 2.05) is 11.6 Å². The van der Waals surface area contributed by atoms with E-state index < -0.39 is 0 Å². The number of rotatable bonds is 1. The van der Waals surface area contributed by atoms with Crippen LogP contribution in [0.25, 0.3) is 31.8 Å². The second-order valence-corrected chi connectivity index (χ2v) is 5.34. The molecule has 3 aromatic carbocycles. The van der Waals surface area contributed by atoms with Gasteiger partial charge in [0.25, 0.3) is 0 Å². The molecule has 92 valence electrons. The first kappa shape index (κ1) is 10.8. The van der Waals surface area contributed by atoms with Crippen molar-refractivity contribution in [3.05, 3.63) is 48.0 Å². The summed E-state index contributed by atoms with van der Waals surface area (Å²) in [4.78, 5) is 4.53. The zero-order valence-electron chi connectivity index (χ0n) is 10.4. The van der Waals surface area contributed by atoms with Crippen LogP contribution in [0, 0.1) is 0 Å². The Morgan fingerprint density at radius 2 is 1.79 bits per heavy atom. The third kappa shape index (κ3) is 1.45. The summed E-state index contributed by atoms with van der Waals surface area (Å²) in [5.41, 5.74) is 3.00. The summed E-state index contributed by atoms with van der Waals surface area (Å²) in [5.74, 6) is 0.882. The van der Waals surface area contributed by atoms with Gasteiger partial charge in [-0.05, 0) is 29.0 Å². The number of methoxy groups -OCH3 is 1. The van der Waals surface area contributed by atoms with Crippen LogP contribution in [0.5, 0.6) is 5.75 Å². The number of aromatic nitrogens is 1. The number of thiazole rings is 1. The van der Waals surface area contributed by atoms with E-state index in [9.17, 15) is 0 Å². The maximum absolute atomic E-state index is 5.35. The number of benzene rings is 3. The summed E-state index contributed by atoms with van der Waals surface area (Å²) < 4.78 is 6.60. The fourth-order valence-corrected chi connectivity index (χ4v) is 3.47. The van der Waals surface area contributed by atoms with Crippen molar-refractivity contribution in [1.29, 1.82) is 0 Å². The Morgan fingerprint density at radius 1 is 0.947 bits per heavy atom. The molecule has 0 bridgehead atoms. The first-order valence-corrected chi connectivity index (χ1v) is 6.98. The molecule has 0 fully saturated rings. The predicted octanol–water partition coefficient (Wildman–Crippen LogP) is 4.61. The minimum Gasteiger partial charge on any atom is -0.497 e. The molecule has 4 aromatic rings. The molecule has 0 atom stereocenters. The van der Waals surface area contributed by atoms with Crippen LogP contribution in [0.1, 0.15) is 0 Å². The van der Waals surface area contributed by atoms with Crippen LogP contribution in [0.4, 0.5) is 0 Å². The molecule has 1 heterocycles. The zero-order chi connectivity index (χ0) is 12.8. The Kier molecular flexibility index (Phi) is 2.23. The maximum atomic E-state index is 5.35. The number of nitrogens with zero attached hydrogens (tertiary/aromatic N) is 1. The summed E-state index contributed by atoms with van der Waals surface area (Å²) in [6, 6.07) is 14.7. The molecule has 2 nitrogen and oxygen atoms in total. The Hall–Kier alpha value is -2.13. The molecule has 0 amide bonds. The lowest BCUT2D eigenvalue weighted by atomic mass is 10.0. The number of fused-ring (bicyclic) bond motifs is 6. The van der Waals surface area contributed by atoms with Gasteiger partial charge in [0, 0.05) is 10.8 Å². The van der Waals surface area contributed by atoms with Gasteiger partial charge in [-0.15, -0.1) is 11.3 Å². The fraction of sp³-hybridized carbons (Fsp3) is 0.0625. The van der Waals surface area contributed by atoms with Gasteiger partial charge in [0.05, 0.1) is 22.8 Å². The van der Waals surface area contributed by atoms with Crippen molar-refractivity contribution in [2.75, 3.05) is 7.11 Å². The lowest BCUT2D eigenvalue weighted by Gasteiger charge is -2.07. The summed E-state index contributed by atoms with van der Waals surface area (Å²) in [5, 5.41) is 4.91. The molecule has 0 unspecified atom stereocenters. The van der Waals surface area contributed by atoms with Crippen LogP contribution in [-0.4, -0.2) is 12.1 Å². The van der Waals surface area contributed by atoms with Crippen molar-refractivity contribution in [1.82, 2.24) is 4.98 Å². The van der Waals surface area contributed by atoms with Crippen LogP contribution in [-0.2, 0) is 0 Å². The van der Waals surface area contributed by atoms with E-state index in [0.29, 0.717) is 0 Å². The van der Waals surface area contributed by atoms with Crippen molar-refractivity contribution in [3.8, 4) is 5.75 Å². The van der Waals surface area contributed by atoms with Gasteiger partial charge in [-0.3, -0.25) is 0 Å². The highest BCUT2D eigenvalue weighted by Gasteiger charge is 2.10. The Balaban J connectivity index is 2.35. The molecule has 4 rings (SSSR count). The van der Waals surface area contributed by atoms with Gasteiger partial charge in [-0.1, -0.05) is 24.3 Å². The maximum Gasteiger partial charge on any atom is 0.119 e. The smallest absolute Gasteiger partial charge is 0.119 e. The molecule has 0 spiro atoms. The molecule has 0 saturated carbocycles. The molecule has 0 aliphatic carbocycles. The lowest BCUT2D eigenvalue weighted by Crippen LogP contribution is -1.85. The average Bonchev–Trinajstić information content (AvgIpc) is 2.96. The molecule has 1 aromatic heterocycles. The summed E-state index contributed by atoms with van der Waals surface area (Å²) in [7, 11) is 1.70. The monoisotopic (exact) mass is 265 g/mol. The van der Waals surface area contributed by atoms with Crippen molar-refractivity contribution in [3.63, 3.8) is 0 Å². The fourth-order valence-electron chi connectivity index (χ4n) is 2.62. The molecule has 0 aliphatic rings. The van der Waals surface area contributed by atoms with E-state index in [4.69, 9.17) is 4.74 Å². The molecule has 3 heteroatoms. The number of hydrogen-bond donors (Lipinski definition) is 0. The van der Waals surface area contributed by atoms with Gasteiger partial charge >= 0.3 is 0 Å². The van der Waals surface area contributed by atoms with Crippen LogP contribution >= 0.6 is 11.3 Å². The predicted molar refractivity (Wildman–Crippen MR) is 81.2 cm³/mol. The van der Waals surface area contributed by atoms with Crippen molar-refractivity contribution >= 4 is 43.1 Å². The van der Waals surface area contributed by atoms with Gasteiger partial charge in [0.15, 0.2) is 0 Å². The molecule has 0 radical (unpaired) electrons. The minimum atomic E-state index is 0.882. The topological polar surface area (TPSA) is 22.1 Å². The van der Waals surface area contributed by atoms with E-state index in [1.54, 1.807) is 18.4 Å². The Morgan fingerprint density at radius 3 is 2.63 bits per heavy atom. The normalized spacial score (nSPS) is 11.4. The van der Waals surface area contributed by atoms with E-state index in [1.165, 1.54) is 26.2 Å². The highest BCUT2D eigenvalue weighted by Crippen LogP contribution is 2.37. The van der Waals surface area contributed by atoms with Crippen molar-refractivity contribution in [2.24, 2.45) is 0 Å². The third-order valence-corrected chi connectivity index (χ3v) is 4.37. The summed E-state index contributed by atoms with van der Waals surface area (Å²) in [6.45, 7) is 0. The lowest BCUT2D eigenvalue weighted by molar-refractivity contribution is 0.415. The van der Waals surface area contributed by atoms with Crippen LogP contribution in [0.3, 0.4) is 0 Å². The van der Waals surface area contributed by atoms with Gasteiger partial charge < -0.3 is 4.74 Å². The molecule has 0 N–H and O–H groups in total. The van der Waals surface area contributed by atoms with Crippen LogP contribution in [0.2, 0.25) is 0 Å². The first-order valence-electron chi connectivity index (χ1n) is 6.10. The van der Waals surface area contributed by atoms with Gasteiger partial charge in [-0.25, -0.2) is 4.98 Å². The molecular formula is C16H11NOS. The largest absolute Gasteiger partial charge is 0.497 e. The molecule has 0 saturated heterocycles. The molecular weight excluding hydrogens is 254 g/mol. The highest BCUT2D eigenvalue weighted by atomic mass is 32.1. The first-order chi connectivity index (χ1) is 9.38. The average molecular weight is 265 g/mol. The molecule has 19 heavy (non-hydrogen) atoms. The second kappa shape index (κ2) is 3.93. The number of ether oxygens (including phenoxy) is 1. The van der Waals surface area contributed by atoms with Crippen molar-refractivity contribution in [2.45, 2.75) is 0 Å². The van der Waals surface area contributed by atoms with E-state index in [0.717, 1.165) is 11.3 Å².